The molecule has 4 aromatic rings. The highest BCUT2D eigenvalue weighted by Crippen LogP contribution is 2.58. The lowest BCUT2D eigenvalue weighted by atomic mass is 9.68. The third kappa shape index (κ3) is 2.92. The van der Waals surface area contributed by atoms with Gasteiger partial charge in [-0.15, -0.1) is 0 Å². The van der Waals surface area contributed by atoms with Crippen molar-refractivity contribution >= 4 is 11.3 Å². The molecule has 2 aliphatic rings. The summed E-state index contributed by atoms with van der Waals surface area (Å²) in [6.45, 7) is 4.45. The van der Waals surface area contributed by atoms with E-state index in [9.17, 15) is 0 Å². The Bertz CT molecular complexity index is 1410. The Labute approximate surface area is 201 Å². The average molecular weight is 441 g/mol. The molecule has 0 amide bonds. The standard InChI is InChI=1S/C32H28N2/c1-21-15-16-28-25(18-21)26-19-27(24-13-7-6-10-22(24)2)30(33)20-29(26)32(28,23-11-4-3-5-12-23)31-14-8-9-17-34-31/h3-17,19-21H,18,33H2,1-2H3. The molecule has 0 bridgehead atoms. The molecule has 2 nitrogen and oxygen atoms in total. The van der Waals surface area contributed by atoms with Crippen LogP contribution in [0.1, 0.15) is 41.3 Å². The van der Waals surface area contributed by atoms with E-state index in [1.807, 2.05) is 12.3 Å². The number of nitrogens with two attached hydrogens (primary N) is 1. The maximum atomic E-state index is 6.83. The molecule has 0 saturated carbocycles. The fourth-order valence-corrected chi connectivity index (χ4v) is 5.90. The molecule has 1 heterocycles. The average Bonchev–Trinajstić information content (AvgIpc) is 3.14. The monoisotopic (exact) mass is 440 g/mol. The van der Waals surface area contributed by atoms with Gasteiger partial charge in [-0.05, 0) is 82.5 Å². The zero-order chi connectivity index (χ0) is 23.3. The Hall–Kier alpha value is -3.91. The quantitative estimate of drug-likeness (QED) is 0.339. The molecule has 2 N–H and O–H groups in total. The van der Waals surface area contributed by atoms with Gasteiger partial charge in [-0.3, -0.25) is 4.98 Å². The van der Waals surface area contributed by atoms with Crippen molar-refractivity contribution in [1.29, 1.82) is 0 Å². The number of aryl methyl sites for hydroxylation is 1. The van der Waals surface area contributed by atoms with Crippen molar-refractivity contribution in [3.63, 3.8) is 0 Å². The van der Waals surface area contributed by atoms with Crippen LogP contribution in [-0.4, -0.2) is 4.98 Å². The summed E-state index contributed by atoms with van der Waals surface area (Å²) in [5.41, 5.74) is 18.2. The van der Waals surface area contributed by atoms with Gasteiger partial charge in [0, 0.05) is 17.4 Å². The third-order valence-corrected chi connectivity index (χ3v) is 7.46. The molecule has 6 rings (SSSR count). The Kier molecular flexibility index (Phi) is 4.77. The van der Waals surface area contributed by atoms with Crippen LogP contribution in [0.3, 0.4) is 0 Å². The highest BCUT2D eigenvalue weighted by atomic mass is 14.7. The molecule has 34 heavy (non-hydrogen) atoms. The number of nitrogens with zero attached hydrogens (tertiary/aromatic N) is 1. The van der Waals surface area contributed by atoms with E-state index in [0.29, 0.717) is 5.92 Å². The van der Waals surface area contributed by atoms with E-state index >= 15 is 0 Å². The van der Waals surface area contributed by atoms with Gasteiger partial charge < -0.3 is 5.73 Å². The van der Waals surface area contributed by atoms with Gasteiger partial charge in [-0.2, -0.15) is 0 Å². The van der Waals surface area contributed by atoms with Crippen LogP contribution in [0.25, 0.3) is 16.7 Å². The number of rotatable bonds is 3. The second kappa shape index (κ2) is 7.85. The van der Waals surface area contributed by atoms with E-state index in [1.54, 1.807) is 0 Å². The van der Waals surface area contributed by atoms with Crippen molar-refractivity contribution in [1.82, 2.24) is 4.98 Å². The van der Waals surface area contributed by atoms with Crippen LogP contribution in [0.4, 0.5) is 5.69 Å². The van der Waals surface area contributed by atoms with Crippen LogP contribution in [0.15, 0.2) is 109 Å². The van der Waals surface area contributed by atoms with Crippen LogP contribution < -0.4 is 5.73 Å². The van der Waals surface area contributed by atoms with Crippen LogP contribution in [0, 0.1) is 12.8 Å². The number of pyridine rings is 1. The minimum atomic E-state index is -0.484. The lowest BCUT2D eigenvalue weighted by molar-refractivity contribution is 0.702. The molecule has 2 unspecified atom stereocenters. The van der Waals surface area contributed by atoms with Gasteiger partial charge in [0.1, 0.15) is 0 Å². The second-order valence-electron chi connectivity index (χ2n) is 9.56. The molecule has 0 aliphatic heterocycles. The van der Waals surface area contributed by atoms with Crippen molar-refractivity contribution in [2.75, 3.05) is 5.73 Å². The summed E-state index contributed by atoms with van der Waals surface area (Å²) in [7, 11) is 0. The number of nitrogen functional groups attached to an aromatic ring is 1. The largest absolute Gasteiger partial charge is 0.398 e. The molecule has 0 fully saturated rings. The van der Waals surface area contributed by atoms with Crippen molar-refractivity contribution in [3.8, 4) is 11.1 Å². The highest BCUT2D eigenvalue weighted by Gasteiger charge is 2.49. The Morgan fingerprint density at radius 1 is 0.853 bits per heavy atom. The Balaban J connectivity index is 1.73. The summed E-state index contributed by atoms with van der Waals surface area (Å²) in [5, 5.41) is 0. The fourth-order valence-electron chi connectivity index (χ4n) is 5.90. The molecular formula is C32H28N2. The van der Waals surface area contributed by atoms with Crippen molar-refractivity contribution in [2.45, 2.75) is 25.7 Å². The van der Waals surface area contributed by atoms with E-state index in [1.165, 1.54) is 39.0 Å². The van der Waals surface area contributed by atoms with E-state index in [-0.39, 0.29) is 0 Å². The first-order chi connectivity index (χ1) is 16.6. The number of benzene rings is 3. The number of fused-ring (bicyclic) bond motifs is 2. The van der Waals surface area contributed by atoms with Crippen LogP contribution in [0.5, 0.6) is 0 Å². The molecule has 2 aliphatic carbocycles. The van der Waals surface area contributed by atoms with Gasteiger partial charge in [-0.25, -0.2) is 0 Å². The van der Waals surface area contributed by atoms with Crippen LogP contribution in [0.2, 0.25) is 0 Å². The zero-order valence-corrected chi connectivity index (χ0v) is 19.6. The summed E-state index contributed by atoms with van der Waals surface area (Å²) in [5.74, 6) is 0.487. The molecule has 0 radical (unpaired) electrons. The van der Waals surface area contributed by atoms with Crippen molar-refractivity contribution in [3.05, 3.63) is 137 Å². The van der Waals surface area contributed by atoms with Crippen LogP contribution in [-0.2, 0) is 5.41 Å². The molecule has 2 heteroatoms. The maximum Gasteiger partial charge on any atom is 0.0883 e. The van der Waals surface area contributed by atoms with E-state index in [0.717, 1.165) is 23.4 Å². The predicted molar refractivity (Wildman–Crippen MR) is 141 cm³/mol. The molecule has 0 saturated heterocycles. The summed E-state index contributed by atoms with van der Waals surface area (Å²) in [6.07, 6.45) is 7.60. The first kappa shape index (κ1) is 20.7. The van der Waals surface area contributed by atoms with Crippen molar-refractivity contribution < 1.29 is 0 Å². The summed E-state index contributed by atoms with van der Waals surface area (Å²) in [6, 6.07) is 30.1. The predicted octanol–water partition coefficient (Wildman–Crippen LogP) is 7.34. The van der Waals surface area contributed by atoms with E-state index in [4.69, 9.17) is 10.7 Å². The van der Waals surface area contributed by atoms with Gasteiger partial charge in [-0.1, -0.05) is 79.7 Å². The Morgan fingerprint density at radius 3 is 2.38 bits per heavy atom. The fraction of sp³-hybridized carbons (Fsp3) is 0.156. The minimum Gasteiger partial charge on any atom is -0.398 e. The highest BCUT2D eigenvalue weighted by molar-refractivity contribution is 5.93. The summed E-state index contributed by atoms with van der Waals surface area (Å²) >= 11 is 0. The van der Waals surface area contributed by atoms with Gasteiger partial charge in [0.2, 0.25) is 0 Å². The molecule has 0 spiro atoms. The Morgan fingerprint density at radius 2 is 1.62 bits per heavy atom. The first-order valence-corrected chi connectivity index (χ1v) is 12.0. The normalized spacial score (nSPS) is 20.8. The van der Waals surface area contributed by atoms with Crippen molar-refractivity contribution in [2.24, 2.45) is 5.92 Å². The summed E-state index contributed by atoms with van der Waals surface area (Å²) in [4.78, 5) is 4.93. The van der Waals surface area contributed by atoms with Gasteiger partial charge in [0.15, 0.2) is 0 Å². The number of allylic oxidation sites excluding steroid dienone is 4. The number of hydrogen-bond acceptors (Lipinski definition) is 2. The number of aromatic nitrogens is 1. The molecular weight excluding hydrogens is 412 g/mol. The summed E-state index contributed by atoms with van der Waals surface area (Å²) < 4.78 is 0. The van der Waals surface area contributed by atoms with Gasteiger partial charge in [0.25, 0.3) is 0 Å². The van der Waals surface area contributed by atoms with Gasteiger partial charge >= 0.3 is 0 Å². The number of hydrogen-bond donors (Lipinski definition) is 1. The van der Waals surface area contributed by atoms with E-state index < -0.39 is 5.41 Å². The smallest absolute Gasteiger partial charge is 0.0883 e. The first-order valence-electron chi connectivity index (χ1n) is 12.0. The zero-order valence-electron chi connectivity index (χ0n) is 19.6. The van der Waals surface area contributed by atoms with Gasteiger partial charge in [0.05, 0.1) is 11.1 Å². The van der Waals surface area contributed by atoms with Crippen LogP contribution >= 0.6 is 0 Å². The second-order valence-corrected chi connectivity index (χ2v) is 9.56. The topological polar surface area (TPSA) is 38.9 Å². The third-order valence-electron chi connectivity index (χ3n) is 7.46. The molecule has 1 aromatic heterocycles. The molecule has 2 atom stereocenters. The molecule has 166 valence electrons. The van der Waals surface area contributed by atoms with E-state index in [2.05, 4.69) is 105 Å². The maximum absolute atomic E-state index is 6.83. The molecule has 3 aromatic carbocycles. The SMILES string of the molecule is Cc1ccccc1-c1cc2c(cc1N)C(c1ccccc1)(c1ccccn1)C1=C2CC(C)C=C1. The number of anilines is 1. The minimum absolute atomic E-state index is 0.484. The lowest BCUT2D eigenvalue weighted by Crippen LogP contribution is -2.31. The lowest BCUT2D eigenvalue weighted by Gasteiger charge is -2.34.